The summed E-state index contributed by atoms with van der Waals surface area (Å²) in [6.07, 6.45) is 3.59. The Balaban J connectivity index is 1.72. The van der Waals surface area contributed by atoms with E-state index < -0.39 is 0 Å². The van der Waals surface area contributed by atoms with Crippen LogP contribution < -0.4 is 5.32 Å². The lowest BCUT2D eigenvalue weighted by molar-refractivity contribution is 0.0792. The third-order valence-electron chi connectivity index (χ3n) is 4.64. The minimum atomic E-state index is -0.315. The van der Waals surface area contributed by atoms with E-state index in [1.807, 2.05) is 29.2 Å². The largest absolute Gasteiger partial charge is 0.339 e. The Morgan fingerprint density at radius 1 is 1.04 bits per heavy atom. The van der Waals surface area contributed by atoms with Crippen molar-refractivity contribution in [3.05, 3.63) is 59.4 Å². The first-order valence-electron chi connectivity index (χ1n) is 9.02. The van der Waals surface area contributed by atoms with Gasteiger partial charge in [0.15, 0.2) is 0 Å². The van der Waals surface area contributed by atoms with Crippen molar-refractivity contribution < 1.29 is 9.59 Å². The molecule has 0 atom stereocenters. The van der Waals surface area contributed by atoms with E-state index in [2.05, 4.69) is 31.1 Å². The highest BCUT2D eigenvalue weighted by Gasteiger charge is 2.21. The van der Waals surface area contributed by atoms with Crippen LogP contribution in [0.5, 0.6) is 0 Å². The molecule has 0 spiro atoms. The first kappa shape index (κ1) is 18.1. The lowest BCUT2D eigenvalue weighted by Crippen LogP contribution is -2.28. The van der Waals surface area contributed by atoms with Crippen molar-refractivity contribution in [1.82, 2.24) is 9.88 Å². The SMILES string of the molecule is CC(C)(C)c1ccc(NC(=O)c2cc(C(=O)N3CCCC3)ccn2)cc1. The number of carbonyl (C=O) groups is 2. The van der Waals surface area contributed by atoms with Crippen LogP contribution in [-0.4, -0.2) is 34.8 Å². The van der Waals surface area contributed by atoms with Gasteiger partial charge in [0.2, 0.25) is 0 Å². The zero-order valence-electron chi connectivity index (χ0n) is 15.6. The van der Waals surface area contributed by atoms with Crippen LogP contribution in [0.3, 0.4) is 0 Å². The van der Waals surface area contributed by atoms with Gasteiger partial charge in [-0.3, -0.25) is 14.6 Å². The molecular weight excluding hydrogens is 326 g/mol. The average molecular weight is 351 g/mol. The van der Waals surface area contributed by atoms with Crippen LogP contribution in [0.15, 0.2) is 42.6 Å². The normalized spacial score (nSPS) is 14.3. The Hall–Kier alpha value is -2.69. The highest BCUT2D eigenvalue weighted by molar-refractivity contribution is 6.04. The van der Waals surface area contributed by atoms with Crippen molar-refractivity contribution >= 4 is 17.5 Å². The van der Waals surface area contributed by atoms with E-state index in [9.17, 15) is 9.59 Å². The molecule has 0 saturated carbocycles. The predicted molar refractivity (Wildman–Crippen MR) is 102 cm³/mol. The van der Waals surface area contributed by atoms with Crippen molar-refractivity contribution in [2.75, 3.05) is 18.4 Å². The zero-order valence-corrected chi connectivity index (χ0v) is 15.6. The quantitative estimate of drug-likeness (QED) is 0.913. The van der Waals surface area contributed by atoms with Gasteiger partial charge in [0.05, 0.1) is 0 Å². The number of nitrogens with one attached hydrogen (secondary N) is 1. The number of likely N-dealkylation sites (tertiary alicyclic amines) is 1. The number of carbonyl (C=O) groups excluding carboxylic acids is 2. The molecule has 0 radical (unpaired) electrons. The van der Waals surface area contributed by atoms with Gasteiger partial charge in [-0.1, -0.05) is 32.9 Å². The van der Waals surface area contributed by atoms with E-state index in [-0.39, 0.29) is 22.9 Å². The summed E-state index contributed by atoms with van der Waals surface area (Å²) < 4.78 is 0. The molecule has 0 unspecified atom stereocenters. The van der Waals surface area contributed by atoms with Gasteiger partial charge in [0.25, 0.3) is 11.8 Å². The molecule has 1 aromatic heterocycles. The summed E-state index contributed by atoms with van der Waals surface area (Å²) in [5.74, 6) is -0.349. The van der Waals surface area contributed by atoms with E-state index in [0.717, 1.165) is 25.9 Å². The van der Waals surface area contributed by atoms with Gasteiger partial charge in [-0.15, -0.1) is 0 Å². The molecule has 5 heteroatoms. The summed E-state index contributed by atoms with van der Waals surface area (Å²) in [7, 11) is 0. The van der Waals surface area contributed by atoms with Crippen molar-refractivity contribution in [2.24, 2.45) is 0 Å². The molecule has 1 aromatic carbocycles. The lowest BCUT2D eigenvalue weighted by Gasteiger charge is -2.19. The number of amides is 2. The molecule has 0 aliphatic carbocycles. The monoisotopic (exact) mass is 351 g/mol. The molecule has 3 rings (SSSR count). The molecule has 0 bridgehead atoms. The van der Waals surface area contributed by atoms with Gasteiger partial charge >= 0.3 is 0 Å². The second-order valence-corrected chi connectivity index (χ2v) is 7.71. The van der Waals surface area contributed by atoms with Crippen molar-refractivity contribution in [1.29, 1.82) is 0 Å². The molecule has 136 valence electrons. The third kappa shape index (κ3) is 4.10. The second kappa shape index (κ2) is 7.28. The maximum atomic E-state index is 12.5. The summed E-state index contributed by atoms with van der Waals surface area (Å²) in [5, 5.41) is 2.85. The minimum absolute atomic E-state index is 0.0338. The summed E-state index contributed by atoms with van der Waals surface area (Å²) in [5.41, 5.74) is 2.73. The fraction of sp³-hybridized carbons (Fsp3) is 0.381. The molecule has 26 heavy (non-hydrogen) atoms. The average Bonchev–Trinajstić information content (AvgIpc) is 3.15. The second-order valence-electron chi connectivity index (χ2n) is 7.71. The summed E-state index contributed by atoms with van der Waals surface area (Å²) in [6, 6.07) is 11.0. The first-order valence-corrected chi connectivity index (χ1v) is 9.02. The van der Waals surface area contributed by atoms with E-state index in [1.54, 1.807) is 12.1 Å². The van der Waals surface area contributed by atoms with Crippen molar-refractivity contribution in [3.8, 4) is 0 Å². The maximum Gasteiger partial charge on any atom is 0.274 e. The molecule has 2 heterocycles. The molecule has 1 fully saturated rings. The van der Waals surface area contributed by atoms with Gasteiger partial charge in [-0.2, -0.15) is 0 Å². The van der Waals surface area contributed by atoms with Gasteiger partial charge < -0.3 is 10.2 Å². The lowest BCUT2D eigenvalue weighted by atomic mass is 9.87. The summed E-state index contributed by atoms with van der Waals surface area (Å²) in [6.45, 7) is 8.00. The molecule has 2 aromatic rings. The van der Waals surface area contributed by atoms with Crippen LogP contribution in [0.1, 0.15) is 60.0 Å². The van der Waals surface area contributed by atoms with Crippen LogP contribution in [0, 0.1) is 0 Å². The molecule has 2 amide bonds. The highest BCUT2D eigenvalue weighted by atomic mass is 16.2. The number of benzene rings is 1. The highest BCUT2D eigenvalue weighted by Crippen LogP contribution is 2.23. The van der Waals surface area contributed by atoms with Gasteiger partial charge in [0.1, 0.15) is 5.69 Å². The maximum absolute atomic E-state index is 12.5. The number of rotatable bonds is 3. The fourth-order valence-electron chi connectivity index (χ4n) is 3.04. The zero-order chi connectivity index (χ0) is 18.7. The minimum Gasteiger partial charge on any atom is -0.339 e. The Morgan fingerprint density at radius 2 is 1.69 bits per heavy atom. The predicted octanol–water partition coefficient (Wildman–Crippen LogP) is 3.87. The first-order chi connectivity index (χ1) is 12.3. The number of hydrogen-bond acceptors (Lipinski definition) is 3. The van der Waals surface area contributed by atoms with Gasteiger partial charge in [-0.05, 0) is 48.1 Å². The molecule has 1 N–H and O–H groups in total. The topological polar surface area (TPSA) is 62.3 Å². The molecule has 1 aliphatic heterocycles. The molecular formula is C21H25N3O2. The Morgan fingerprint density at radius 3 is 2.31 bits per heavy atom. The van der Waals surface area contributed by atoms with Crippen LogP contribution in [0.2, 0.25) is 0 Å². The third-order valence-corrected chi connectivity index (χ3v) is 4.64. The van der Waals surface area contributed by atoms with Gasteiger partial charge in [-0.25, -0.2) is 0 Å². The number of pyridine rings is 1. The van der Waals surface area contributed by atoms with Crippen LogP contribution in [0.25, 0.3) is 0 Å². The Kier molecular flexibility index (Phi) is 5.07. The van der Waals surface area contributed by atoms with Crippen molar-refractivity contribution in [3.63, 3.8) is 0 Å². The standard InChI is InChI=1S/C21H25N3O2/c1-21(2,3)16-6-8-17(9-7-16)23-19(25)18-14-15(10-11-22-18)20(26)24-12-4-5-13-24/h6-11,14H,4-5,12-13H2,1-3H3,(H,23,25). The molecule has 5 nitrogen and oxygen atoms in total. The molecule has 1 saturated heterocycles. The van der Waals surface area contributed by atoms with Crippen LogP contribution in [0.4, 0.5) is 5.69 Å². The fourth-order valence-corrected chi connectivity index (χ4v) is 3.04. The van der Waals surface area contributed by atoms with Crippen LogP contribution >= 0.6 is 0 Å². The molecule has 1 aliphatic rings. The van der Waals surface area contributed by atoms with E-state index in [0.29, 0.717) is 11.3 Å². The summed E-state index contributed by atoms with van der Waals surface area (Å²) in [4.78, 5) is 30.9. The van der Waals surface area contributed by atoms with Crippen molar-refractivity contribution in [2.45, 2.75) is 39.0 Å². The number of nitrogens with zero attached hydrogens (tertiary/aromatic N) is 2. The van der Waals surface area contributed by atoms with E-state index >= 15 is 0 Å². The smallest absolute Gasteiger partial charge is 0.274 e. The number of hydrogen-bond donors (Lipinski definition) is 1. The van der Waals surface area contributed by atoms with E-state index in [4.69, 9.17) is 0 Å². The number of aromatic nitrogens is 1. The Bertz CT molecular complexity index is 801. The number of anilines is 1. The van der Waals surface area contributed by atoms with Crippen LogP contribution in [-0.2, 0) is 5.41 Å². The Labute approximate surface area is 154 Å². The van der Waals surface area contributed by atoms with Gasteiger partial charge in [0, 0.05) is 30.5 Å². The summed E-state index contributed by atoms with van der Waals surface area (Å²) >= 11 is 0. The van der Waals surface area contributed by atoms with E-state index in [1.165, 1.54) is 11.8 Å².